The second-order valence-corrected chi connectivity index (χ2v) is 8.34. The van der Waals surface area contributed by atoms with Gasteiger partial charge in [0.15, 0.2) is 0 Å². The highest BCUT2D eigenvalue weighted by atomic mass is 16.5. The van der Waals surface area contributed by atoms with Crippen LogP contribution in [-0.2, 0) is 11.3 Å². The molecule has 0 aliphatic carbocycles. The molecule has 0 N–H and O–H groups in total. The van der Waals surface area contributed by atoms with E-state index in [1.807, 2.05) is 0 Å². The summed E-state index contributed by atoms with van der Waals surface area (Å²) in [6.07, 6.45) is 9.09. The Bertz CT molecular complexity index is 506. The van der Waals surface area contributed by atoms with Crippen LogP contribution < -0.4 is 4.74 Å². The Morgan fingerprint density at radius 2 is 1.67 bits per heavy atom. The normalized spacial score (nSPS) is 20.0. The molecular formula is C23H38N2O2. The van der Waals surface area contributed by atoms with Crippen LogP contribution >= 0.6 is 0 Å². The van der Waals surface area contributed by atoms with Gasteiger partial charge in [0.2, 0.25) is 0 Å². The molecule has 2 fully saturated rings. The molecule has 0 atom stereocenters. The number of rotatable bonds is 10. The van der Waals surface area contributed by atoms with Crippen molar-refractivity contribution < 1.29 is 9.47 Å². The maximum atomic E-state index is 5.89. The van der Waals surface area contributed by atoms with Crippen molar-refractivity contribution >= 4 is 0 Å². The fourth-order valence-corrected chi connectivity index (χ4v) is 4.13. The average molecular weight is 375 g/mol. The summed E-state index contributed by atoms with van der Waals surface area (Å²) in [5.41, 5.74) is 1.24. The largest absolute Gasteiger partial charge is 0.494 e. The second kappa shape index (κ2) is 11.7. The van der Waals surface area contributed by atoms with E-state index < -0.39 is 0 Å². The van der Waals surface area contributed by atoms with Crippen molar-refractivity contribution in [2.24, 2.45) is 5.92 Å². The summed E-state index contributed by atoms with van der Waals surface area (Å²) in [5.74, 6) is 1.82. The predicted molar refractivity (Wildman–Crippen MR) is 111 cm³/mol. The zero-order valence-corrected chi connectivity index (χ0v) is 17.2. The fourth-order valence-electron chi connectivity index (χ4n) is 4.13. The molecule has 1 aromatic rings. The molecule has 0 spiro atoms. The third-order valence-electron chi connectivity index (χ3n) is 6.04. The summed E-state index contributed by atoms with van der Waals surface area (Å²) in [6, 6.07) is 8.43. The molecule has 4 nitrogen and oxygen atoms in total. The average Bonchev–Trinajstić information content (AvgIpc) is 2.72. The van der Waals surface area contributed by atoms with Gasteiger partial charge in [0.25, 0.3) is 0 Å². The third kappa shape index (κ3) is 7.81. The Hall–Kier alpha value is -1.10. The Morgan fingerprint density at radius 3 is 2.41 bits per heavy atom. The molecule has 0 amide bonds. The van der Waals surface area contributed by atoms with Crippen molar-refractivity contribution in [3.63, 3.8) is 0 Å². The first kappa shape index (κ1) is 20.6. The Balaban J connectivity index is 1.24. The maximum absolute atomic E-state index is 5.89. The Labute approximate surface area is 165 Å². The van der Waals surface area contributed by atoms with Crippen molar-refractivity contribution in [3.8, 4) is 5.75 Å². The topological polar surface area (TPSA) is 24.9 Å². The number of likely N-dealkylation sites (tertiary alicyclic amines) is 2. The molecule has 3 rings (SSSR count). The highest BCUT2D eigenvalue weighted by Crippen LogP contribution is 2.20. The molecule has 0 bridgehead atoms. The summed E-state index contributed by atoms with van der Waals surface area (Å²) in [4.78, 5) is 4.99. The van der Waals surface area contributed by atoms with Crippen LogP contribution in [0.5, 0.6) is 5.75 Å². The van der Waals surface area contributed by atoms with Crippen LogP contribution in [0.1, 0.15) is 50.5 Å². The fraction of sp³-hybridized carbons (Fsp3) is 0.739. The van der Waals surface area contributed by atoms with Crippen LogP contribution in [0.2, 0.25) is 0 Å². The van der Waals surface area contributed by atoms with Crippen molar-refractivity contribution in [3.05, 3.63) is 29.8 Å². The molecule has 4 heteroatoms. The van der Waals surface area contributed by atoms with Gasteiger partial charge in [0.1, 0.15) is 5.75 Å². The van der Waals surface area contributed by atoms with E-state index in [-0.39, 0.29) is 0 Å². The standard InChI is InChI=1S/C23H38N2O2/c1-24-16-10-21(11-17-24)12-19-26-20-22-6-8-23(9-7-22)27-18-5-15-25-13-3-2-4-14-25/h6-9,21H,2-5,10-20H2,1H3. The highest BCUT2D eigenvalue weighted by Gasteiger charge is 2.16. The molecule has 1 aromatic carbocycles. The van der Waals surface area contributed by atoms with Crippen LogP contribution in [0.3, 0.4) is 0 Å². The first-order valence-electron chi connectivity index (χ1n) is 11.0. The molecule has 2 heterocycles. The van der Waals surface area contributed by atoms with Gasteiger partial charge in [-0.25, -0.2) is 0 Å². The van der Waals surface area contributed by atoms with Gasteiger partial charge in [-0.15, -0.1) is 0 Å². The zero-order chi connectivity index (χ0) is 18.7. The molecule has 0 radical (unpaired) electrons. The van der Waals surface area contributed by atoms with Crippen LogP contribution in [0.15, 0.2) is 24.3 Å². The van der Waals surface area contributed by atoms with Crippen molar-refractivity contribution in [2.45, 2.75) is 51.6 Å². The summed E-state index contributed by atoms with van der Waals surface area (Å²) in [7, 11) is 2.22. The number of nitrogens with zero attached hydrogens (tertiary/aromatic N) is 2. The Morgan fingerprint density at radius 1 is 0.926 bits per heavy atom. The number of ether oxygens (including phenoxy) is 2. The van der Waals surface area contributed by atoms with Crippen LogP contribution in [0, 0.1) is 5.92 Å². The maximum Gasteiger partial charge on any atom is 0.119 e. The van der Waals surface area contributed by atoms with Crippen molar-refractivity contribution in [2.75, 3.05) is 53.0 Å². The molecule has 0 saturated carbocycles. The van der Waals surface area contributed by atoms with Gasteiger partial charge in [-0.2, -0.15) is 0 Å². The molecule has 27 heavy (non-hydrogen) atoms. The van der Waals surface area contributed by atoms with Gasteiger partial charge >= 0.3 is 0 Å². The number of hydrogen-bond acceptors (Lipinski definition) is 4. The minimum Gasteiger partial charge on any atom is -0.494 e. The van der Waals surface area contributed by atoms with Crippen LogP contribution in [0.25, 0.3) is 0 Å². The van der Waals surface area contributed by atoms with Gasteiger partial charge < -0.3 is 19.3 Å². The predicted octanol–water partition coefficient (Wildman–Crippen LogP) is 4.19. The molecule has 2 saturated heterocycles. The lowest BCUT2D eigenvalue weighted by Gasteiger charge is -2.28. The lowest BCUT2D eigenvalue weighted by Crippen LogP contribution is -2.31. The van der Waals surface area contributed by atoms with Crippen molar-refractivity contribution in [1.82, 2.24) is 9.80 Å². The van der Waals surface area contributed by atoms with E-state index in [0.29, 0.717) is 6.61 Å². The van der Waals surface area contributed by atoms with Gasteiger partial charge in [-0.05, 0) is 95.4 Å². The first-order chi connectivity index (χ1) is 13.3. The van der Waals surface area contributed by atoms with Crippen molar-refractivity contribution in [1.29, 1.82) is 0 Å². The lowest BCUT2D eigenvalue weighted by molar-refractivity contribution is 0.0948. The van der Waals surface area contributed by atoms with E-state index in [0.717, 1.165) is 31.3 Å². The minimum atomic E-state index is 0.710. The summed E-state index contributed by atoms with van der Waals surface area (Å²) >= 11 is 0. The van der Waals surface area contributed by atoms with E-state index in [1.165, 1.54) is 76.8 Å². The number of hydrogen-bond donors (Lipinski definition) is 0. The monoisotopic (exact) mass is 374 g/mol. The van der Waals surface area contributed by atoms with E-state index >= 15 is 0 Å². The van der Waals surface area contributed by atoms with Gasteiger partial charge in [-0.3, -0.25) is 0 Å². The number of piperidine rings is 2. The van der Waals surface area contributed by atoms with E-state index in [2.05, 4.69) is 41.1 Å². The molecule has 2 aliphatic heterocycles. The quantitative estimate of drug-likeness (QED) is 0.573. The smallest absolute Gasteiger partial charge is 0.119 e. The van der Waals surface area contributed by atoms with E-state index in [1.54, 1.807) is 0 Å². The minimum absolute atomic E-state index is 0.710. The molecule has 0 unspecified atom stereocenters. The van der Waals surface area contributed by atoms with Gasteiger partial charge in [-0.1, -0.05) is 18.6 Å². The molecule has 2 aliphatic rings. The molecular weight excluding hydrogens is 336 g/mol. The zero-order valence-electron chi connectivity index (χ0n) is 17.2. The summed E-state index contributed by atoms with van der Waals surface area (Å²) in [5, 5.41) is 0. The Kier molecular flexibility index (Phi) is 8.92. The van der Waals surface area contributed by atoms with Crippen LogP contribution in [-0.4, -0.2) is 62.8 Å². The number of benzene rings is 1. The van der Waals surface area contributed by atoms with Crippen LogP contribution in [0.4, 0.5) is 0 Å². The SMILES string of the molecule is CN1CCC(CCOCc2ccc(OCCCN3CCCCC3)cc2)CC1. The first-order valence-corrected chi connectivity index (χ1v) is 11.0. The summed E-state index contributed by atoms with van der Waals surface area (Å²) < 4.78 is 11.8. The van der Waals surface area contributed by atoms with E-state index in [4.69, 9.17) is 9.47 Å². The highest BCUT2D eigenvalue weighted by molar-refractivity contribution is 5.26. The second-order valence-electron chi connectivity index (χ2n) is 8.34. The summed E-state index contributed by atoms with van der Waals surface area (Å²) in [6.45, 7) is 8.59. The molecule has 152 valence electrons. The third-order valence-corrected chi connectivity index (χ3v) is 6.04. The lowest BCUT2D eigenvalue weighted by atomic mass is 9.94. The van der Waals surface area contributed by atoms with E-state index in [9.17, 15) is 0 Å². The van der Waals surface area contributed by atoms with Gasteiger partial charge in [0.05, 0.1) is 13.2 Å². The van der Waals surface area contributed by atoms with Gasteiger partial charge in [0, 0.05) is 13.2 Å². The molecule has 0 aromatic heterocycles.